The van der Waals surface area contributed by atoms with Gasteiger partial charge in [-0.2, -0.15) is 0 Å². The Bertz CT molecular complexity index is 622. The molecule has 0 aromatic heterocycles. The van der Waals surface area contributed by atoms with Gasteiger partial charge >= 0.3 is 0 Å². The normalized spacial score (nSPS) is 17.3. The van der Waals surface area contributed by atoms with Gasteiger partial charge in [0.15, 0.2) is 0 Å². The van der Waals surface area contributed by atoms with Gasteiger partial charge < -0.3 is 10.6 Å². The zero-order valence-electron chi connectivity index (χ0n) is 10.8. The van der Waals surface area contributed by atoms with E-state index in [0.29, 0.717) is 6.42 Å². The molecule has 0 radical (unpaired) electrons. The van der Waals surface area contributed by atoms with E-state index < -0.39 is 0 Å². The van der Waals surface area contributed by atoms with Crippen LogP contribution in [0, 0.1) is 6.92 Å². The van der Waals surface area contributed by atoms with E-state index in [2.05, 4.69) is 19.1 Å². The van der Waals surface area contributed by atoms with E-state index >= 15 is 0 Å². The van der Waals surface area contributed by atoms with Gasteiger partial charge in [-0.25, -0.2) is 0 Å². The fraction of sp³-hybridized carbons (Fsp3) is 0.188. The molecule has 19 heavy (non-hydrogen) atoms. The van der Waals surface area contributed by atoms with Crippen molar-refractivity contribution in [2.75, 3.05) is 4.90 Å². The first-order chi connectivity index (χ1) is 9.18. The highest BCUT2D eigenvalue weighted by Gasteiger charge is 2.34. The van der Waals surface area contributed by atoms with Crippen molar-refractivity contribution in [3.8, 4) is 0 Å². The molecule has 0 fully saturated rings. The number of benzene rings is 2. The van der Waals surface area contributed by atoms with Crippen molar-refractivity contribution in [2.24, 2.45) is 5.73 Å². The molecule has 3 nitrogen and oxygen atoms in total. The summed E-state index contributed by atoms with van der Waals surface area (Å²) >= 11 is 0. The van der Waals surface area contributed by atoms with Crippen LogP contribution in [0.3, 0.4) is 0 Å². The molecule has 2 aromatic carbocycles. The lowest BCUT2D eigenvalue weighted by Crippen LogP contribution is -2.39. The number of rotatable bonds is 2. The van der Waals surface area contributed by atoms with Gasteiger partial charge in [-0.15, -0.1) is 0 Å². The molecular weight excluding hydrogens is 236 g/mol. The SMILES string of the molecule is Cc1cccc2c1CC(C(N)=O)N2c1ccccc1. The van der Waals surface area contributed by atoms with Crippen molar-refractivity contribution in [2.45, 2.75) is 19.4 Å². The highest BCUT2D eigenvalue weighted by molar-refractivity contribution is 5.90. The molecule has 0 spiro atoms. The third kappa shape index (κ3) is 1.87. The molecular formula is C16H16N2O. The first kappa shape index (κ1) is 11.8. The Hall–Kier alpha value is -2.29. The van der Waals surface area contributed by atoms with Gasteiger partial charge in [0.2, 0.25) is 5.91 Å². The zero-order chi connectivity index (χ0) is 13.4. The molecule has 0 aliphatic carbocycles. The van der Waals surface area contributed by atoms with Crippen LogP contribution in [0.25, 0.3) is 0 Å². The molecule has 1 aliphatic heterocycles. The van der Waals surface area contributed by atoms with Crippen molar-refractivity contribution >= 4 is 17.3 Å². The number of hydrogen-bond donors (Lipinski definition) is 1. The zero-order valence-corrected chi connectivity index (χ0v) is 10.8. The molecule has 3 heteroatoms. The third-order valence-electron chi connectivity index (χ3n) is 3.72. The molecule has 1 aliphatic rings. The number of aryl methyl sites for hydroxylation is 1. The van der Waals surface area contributed by atoms with Crippen molar-refractivity contribution in [3.05, 3.63) is 59.7 Å². The summed E-state index contributed by atoms with van der Waals surface area (Å²) < 4.78 is 0. The van der Waals surface area contributed by atoms with Crippen LogP contribution < -0.4 is 10.6 Å². The van der Waals surface area contributed by atoms with Crippen LogP contribution in [-0.4, -0.2) is 11.9 Å². The molecule has 0 saturated carbocycles. The van der Waals surface area contributed by atoms with Crippen molar-refractivity contribution < 1.29 is 4.79 Å². The number of fused-ring (bicyclic) bond motifs is 1. The van der Waals surface area contributed by atoms with Crippen molar-refractivity contribution in [1.82, 2.24) is 0 Å². The first-order valence-electron chi connectivity index (χ1n) is 6.40. The number of hydrogen-bond acceptors (Lipinski definition) is 2. The van der Waals surface area contributed by atoms with Gasteiger partial charge in [0, 0.05) is 17.8 Å². The van der Waals surface area contributed by atoms with Crippen molar-refractivity contribution in [1.29, 1.82) is 0 Å². The standard InChI is InChI=1S/C16H16N2O/c1-11-6-5-9-14-13(11)10-15(16(17)19)18(14)12-7-3-2-4-8-12/h2-9,15H,10H2,1H3,(H2,17,19). The lowest BCUT2D eigenvalue weighted by Gasteiger charge is -2.25. The second-order valence-electron chi connectivity index (χ2n) is 4.90. The summed E-state index contributed by atoms with van der Waals surface area (Å²) in [6, 6.07) is 15.8. The van der Waals surface area contributed by atoms with E-state index in [-0.39, 0.29) is 11.9 Å². The maximum atomic E-state index is 11.7. The minimum absolute atomic E-state index is 0.278. The van der Waals surface area contributed by atoms with E-state index in [4.69, 9.17) is 5.73 Å². The summed E-state index contributed by atoms with van der Waals surface area (Å²) in [4.78, 5) is 13.8. The number of carbonyl (C=O) groups excluding carboxylic acids is 1. The Kier molecular flexibility index (Phi) is 2.75. The predicted molar refractivity (Wildman–Crippen MR) is 76.4 cm³/mol. The summed E-state index contributed by atoms with van der Waals surface area (Å²) in [5.41, 5.74) is 10.1. The van der Waals surface area contributed by atoms with Gasteiger partial charge in [0.25, 0.3) is 0 Å². The lowest BCUT2D eigenvalue weighted by molar-refractivity contribution is -0.119. The smallest absolute Gasteiger partial charge is 0.240 e. The van der Waals surface area contributed by atoms with E-state index in [1.807, 2.05) is 41.3 Å². The molecule has 96 valence electrons. The molecule has 2 N–H and O–H groups in total. The minimum atomic E-state index is -0.293. The highest BCUT2D eigenvalue weighted by Crippen LogP contribution is 2.39. The number of carbonyl (C=O) groups is 1. The van der Waals surface area contributed by atoms with E-state index in [0.717, 1.165) is 11.4 Å². The second kappa shape index (κ2) is 4.43. The van der Waals surface area contributed by atoms with Crippen LogP contribution in [0.15, 0.2) is 48.5 Å². The maximum Gasteiger partial charge on any atom is 0.240 e. The Balaban J connectivity index is 2.15. The summed E-state index contributed by atoms with van der Waals surface area (Å²) in [7, 11) is 0. The quantitative estimate of drug-likeness (QED) is 0.892. The maximum absolute atomic E-state index is 11.7. The highest BCUT2D eigenvalue weighted by atomic mass is 16.1. The molecule has 0 saturated heterocycles. The number of amides is 1. The van der Waals surface area contributed by atoms with E-state index in [1.54, 1.807) is 0 Å². The first-order valence-corrected chi connectivity index (χ1v) is 6.40. The second-order valence-corrected chi connectivity index (χ2v) is 4.90. The van der Waals surface area contributed by atoms with Gasteiger partial charge in [0.05, 0.1) is 0 Å². The summed E-state index contributed by atoms with van der Waals surface area (Å²) in [5, 5.41) is 0. The average molecular weight is 252 g/mol. The van der Waals surface area contributed by atoms with Crippen molar-refractivity contribution in [3.63, 3.8) is 0 Å². The summed E-state index contributed by atoms with van der Waals surface area (Å²) in [6.45, 7) is 2.07. The monoisotopic (exact) mass is 252 g/mol. The van der Waals surface area contributed by atoms with Crippen LogP contribution >= 0.6 is 0 Å². The van der Waals surface area contributed by atoms with Gasteiger partial charge in [-0.05, 0) is 36.2 Å². The topological polar surface area (TPSA) is 46.3 Å². The Morgan fingerprint density at radius 1 is 1.16 bits per heavy atom. The molecule has 2 aromatic rings. The van der Waals surface area contributed by atoms with Gasteiger partial charge in [-0.3, -0.25) is 4.79 Å². The Morgan fingerprint density at radius 3 is 2.58 bits per heavy atom. The van der Waals surface area contributed by atoms with Crippen LogP contribution in [0.5, 0.6) is 0 Å². The molecule has 1 heterocycles. The number of para-hydroxylation sites is 1. The number of primary amides is 1. The van der Waals surface area contributed by atoms with Gasteiger partial charge in [-0.1, -0.05) is 30.3 Å². The largest absolute Gasteiger partial charge is 0.368 e. The predicted octanol–water partition coefficient (Wildman–Crippen LogP) is 2.54. The molecule has 1 atom stereocenters. The number of nitrogens with two attached hydrogens (primary N) is 1. The van der Waals surface area contributed by atoms with Crippen LogP contribution in [0.2, 0.25) is 0 Å². The molecule has 0 bridgehead atoms. The Labute approximate surface area is 112 Å². The third-order valence-corrected chi connectivity index (χ3v) is 3.72. The molecule has 1 unspecified atom stereocenters. The van der Waals surface area contributed by atoms with Crippen LogP contribution in [0.4, 0.5) is 11.4 Å². The summed E-state index contributed by atoms with van der Waals surface area (Å²) in [5.74, 6) is -0.278. The fourth-order valence-electron chi connectivity index (χ4n) is 2.77. The van der Waals surface area contributed by atoms with Crippen LogP contribution in [0.1, 0.15) is 11.1 Å². The van der Waals surface area contributed by atoms with Gasteiger partial charge in [0.1, 0.15) is 6.04 Å². The van der Waals surface area contributed by atoms with E-state index in [9.17, 15) is 4.79 Å². The Morgan fingerprint density at radius 2 is 1.89 bits per heavy atom. The molecule has 3 rings (SSSR count). The fourth-order valence-corrected chi connectivity index (χ4v) is 2.77. The minimum Gasteiger partial charge on any atom is -0.368 e. The van der Waals surface area contributed by atoms with Crippen LogP contribution in [-0.2, 0) is 11.2 Å². The average Bonchev–Trinajstić information content (AvgIpc) is 2.81. The number of anilines is 2. The molecule has 1 amide bonds. The lowest BCUT2D eigenvalue weighted by atomic mass is 10.0. The summed E-state index contributed by atoms with van der Waals surface area (Å²) in [6.07, 6.45) is 0.687. The van der Waals surface area contributed by atoms with E-state index in [1.165, 1.54) is 11.1 Å². The number of nitrogens with zero attached hydrogens (tertiary/aromatic N) is 1.